The zero-order valence-electron chi connectivity index (χ0n) is 10.2. The minimum absolute atomic E-state index is 0.111. The summed E-state index contributed by atoms with van der Waals surface area (Å²) in [5, 5.41) is 11.5. The van der Waals surface area contributed by atoms with E-state index in [1.54, 1.807) is 0 Å². The predicted molar refractivity (Wildman–Crippen MR) is 75.8 cm³/mol. The third kappa shape index (κ3) is 4.22. The first kappa shape index (κ1) is 13.8. The molecular formula is C14H14BrNO3. The summed E-state index contributed by atoms with van der Waals surface area (Å²) in [7, 11) is 0. The van der Waals surface area contributed by atoms with E-state index in [0.717, 1.165) is 21.6 Å². The van der Waals surface area contributed by atoms with Crippen molar-refractivity contribution in [2.45, 2.75) is 13.0 Å². The Morgan fingerprint density at radius 2 is 1.95 bits per heavy atom. The Balaban J connectivity index is 1.91. The van der Waals surface area contributed by atoms with Crippen LogP contribution in [-0.2, 0) is 11.3 Å². The Morgan fingerprint density at radius 3 is 2.63 bits per heavy atom. The van der Waals surface area contributed by atoms with Gasteiger partial charge in [-0.3, -0.25) is 4.79 Å². The smallest absolute Gasteiger partial charge is 0.304 e. The standard InChI is InChI=1S/C14H14BrNO3/c15-11-3-1-10(2-4-11)13-6-5-12(19-13)9-16-8-7-14(17)18/h1-6,16H,7-9H2,(H,17,18). The van der Waals surface area contributed by atoms with Gasteiger partial charge in [0.15, 0.2) is 0 Å². The minimum atomic E-state index is -0.803. The quantitative estimate of drug-likeness (QED) is 0.801. The Hall–Kier alpha value is -1.59. The number of halogens is 1. The first-order valence-corrected chi connectivity index (χ1v) is 6.71. The normalized spacial score (nSPS) is 10.6. The van der Waals surface area contributed by atoms with E-state index in [1.807, 2.05) is 36.4 Å². The lowest BCUT2D eigenvalue weighted by Crippen LogP contribution is -2.17. The number of carbonyl (C=O) groups is 1. The molecule has 100 valence electrons. The van der Waals surface area contributed by atoms with Crippen molar-refractivity contribution in [2.24, 2.45) is 0 Å². The third-order valence-corrected chi connectivity index (χ3v) is 3.13. The average Bonchev–Trinajstić information content (AvgIpc) is 2.84. The molecule has 0 aliphatic rings. The molecule has 0 radical (unpaired) electrons. The number of aliphatic carboxylic acids is 1. The number of nitrogens with one attached hydrogen (secondary N) is 1. The number of hydrogen-bond acceptors (Lipinski definition) is 3. The fourth-order valence-electron chi connectivity index (χ4n) is 1.65. The van der Waals surface area contributed by atoms with E-state index in [1.165, 1.54) is 0 Å². The van der Waals surface area contributed by atoms with Gasteiger partial charge in [-0.25, -0.2) is 0 Å². The SMILES string of the molecule is O=C(O)CCNCc1ccc(-c2ccc(Br)cc2)o1. The second-order valence-corrected chi connectivity index (χ2v) is 5.01. The summed E-state index contributed by atoms with van der Waals surface area (Å²) in [6.07, 6.45) is 0.111. The van der Waals surface area contributed by atoms with E-state index in [-0.39, 0.29) is 6.42 Å². The Bertz CT molecular complexity index is 548. The van der Waals surface area contributed by atoms with Crippen molar-refractivity contribution in [1.82, 2.24) is 5.32 Å². The molecule has 0 unspecified atom stereocenters. The highest BCUT2D eigenvalue weighted by Crippen LogP contribution is 2.23. The molecule has 1 aromatic carbocycles. The Morgan fingerprint density at radius 1 is 1.21 bits per heavy atom. The van der Waals surface area contributed by atoms with Gasteiger partial charge in [0.1, 0.15) is 11.5 Å². The second kappa shape index (κ2) is 6.54. The first-order valence-electron chi connectivity index (χ1n) is 5.92. The van der Waals surface area contributed by atoms with E-state index in [9.17, 15) is 4.79 Å². The predicted octanol–water partition coefficient (Wildman–Crippen LogP) is 3.27. The zero-order valence-corrected chi connectivity index (χ0v) is 11.8. The fraction of sp³-hybridized carbons (Fsp3) is 0.214. The lowest BCUT2D eigenvalue weighted by Gasteiger charge is -2.00. The molecule has 5 heteroatoms. The molecular weight excluding hydrogens is 310 g/mol. The van der Waals surface area contributed by atoms with Gasteiger partial charge in [-0.1, -0.05) is 28.1 Å². The van der Waals surface area contributed by atoms with Gasteiger partial charge in [-0.05, 0) is 24.3 Å². The van der Waals surface area contributed by atoms with E-state index in [2.05, 4.69) is 21.2 Å². The van der Waals surface area contributed by atoms with Crippen molar-refractivity contribution >= 4 is 21.9 Å². The van der Waals surface area contributed by atoms with Crippen LogP contribution in [0.4, 0.5) is 0 Å². The number of carboxylic acid groups (broad SMARTS) is 1. The van der Waals surface area contributed by atoms with Crippen molar-refractivity contribution in [3.63, 3.8) is 0 Å². The van der Waals surface area contributed by atoms with Gasteiger partial charge in [0.05, 0.1) is 13.0 Å². The topological polar surface area (TPSA) is 62.5 Å². The van der Waals surface area contributed by atoms with E-state index >= 15 is 0 Å². The zero-order chi connectivity index (χ0) is 13.7. The van der Waals surface area contributed by atoms with Gasteiger partial charge in [0, 0.05) is 16.6 Å². The summed E-state index contributed by atoms with van der Waals surface area (Å²) in [5.74, 6) is 0.799. The van der Waals surface area contributed by atoms with E-state index in [4.69, 9.17) is 9.52 Å². The van der Waals surface area contributed by atoms with Crippen LogP contribution in [0.1, 0.15) is 12.2 Å². The number of hydrogen-bond donors (Lipinski definition) is 2. The van der Waals surface area contributed by atoms with Gasteiger partial charge in [0.25, 0.3) is 0 Å². The van der Waals surface area contributed by atoms with Crippen molar-refractivity contribution < 1.29 is 14.3 Å². The maximum absolute atomic E-state index is 10.4. The maximum Gasteiger partial charge on any atom is 0.304 e. The molecule has 1 heterocycles. The monoisotopic (exact) mass is 323 g/mol. The molecule has 19 heavy (non-hydrogen) atoms. The van der Waals surface area contributed by atoms with Crippen LogP contribution in [0, 0.1) is 0 Å². The molecule has 4 nitrogen and oxygen atoms in total. The van der Waals surface area contributed by atoms with Crippen molar-refractivity contribution in [3.8, 4) is 11.3 Å². The van der Waals surface area contributed by atoms with Crippen molar-refractivity contribution in [2.75, 3.05) is 6.54 Å². The summed E-state index contributed by atoms with van der Waals surface area (Å²) < 4.78 is 6.72. The lowest BCUT2D eigenvalue weighted by molar-refractivity contribution is -0.136. The molecule has 0 atom stereocenters. The molecule has 2 aromatic rings. The van der Waals surface area contributed by atoms with Gasteiger partial charge in [-0.2, -0.15) is 0 Å². The van der Waals surface area contributed by atoms with Crippen LogP contribution in [0.5, 0.6) is 0 Å². The first-order chi connectivity index (χ1) is 9.15. The number of benzene rings is 1. The molecule has 0 amide bonds. The van der Waals surface area contributed by atoms with Crippen LogP contribution in [0.15, 0.2) is 45.3 Å². The van der Waals surface area contributed by atoms with Gasteiger partial charge < -0.3 is 14.8 Å². The van der Waals surface area contributed by atoms with Crippen molar-refractivity contribution in [3.05, 3.63) is 46.6 Å². The Labute approximate surface area is 119 Å². The lowest BCUT2D eigenvalue weighted by atomic mass is 10.2. The second-order valence-electron chi connectivity index (χ2n) is 4.09. The third-order valence-electron chi connectivity index (χ3n) is 2.61. The van der Waals surface area contributed by atoms with Crippen LogP contribution < -0.4 is 5.32 Å². The molecule has 2 rings (SSSR count). The molecule has 0 saturated carbocycles. The number of furan rings is 1. The summed E-state index contributed by atoms with van der Waals surface area (Å²) >= 11 is 3.39. The molecule has 0 saturated heterocycles. The van der Waals surface area contributed by atoms with Crippen molar-refractivity contribution in [1.29, 1.82) is 0 Å². The maximum atomic E-state index is 10.4. The molecule has 1 aromatic heterocycles. The van der Waals surface area contributed by atoms with Gasteiger partial charge in [-0.15, -0.1) is 0 Å². The molecule has 0 spiro atoms. The van der Waals surface area contributed by atoms with Crippen LogP contribution in [-0.4, -0.2) is 17.6 Å². The van der Waals surface area contributed by atoms with Gasteiger partial charge >= 0.3 is 5.97 Å². The summed E-state index contributed by atoms with van der Waals surface area (Å²) in [6.45, 7) is 0.966. The van der Waals surface area contributed by atoms with Crippen LogP contribution in [0.25, 0.3) is 11.3 Å². The highest BCUT2D eigenvalue weighted by molar-refractivity contribution is 9.10. The highest BCUT2D eigenvalue weighted by atomic mass is 79.9. The highest BCUT2D eigenvalue weighted by Gasteiger charge is 2.04. The van der Waals surface area contributed by atoms with E-state index < -0.39 is 5.97 Å². The average molecular weight is 324 g/mol. The molecule has 0 aliphatic carbocycles. The molecule has 0 aliphatic heterocycles. The summed E-state index contributed by atoms with van der Waals surface area (Å²) in [5.41, 5.74) is 1.01. The molecule has 0 fully saturated rings. The van der Waals surface area contributed by atoms with Crippen LogP contribution in [0.2, 0.25) is 0 Å². The minimum Gasteiger partial charge on any atom is -0.481 e. The Kier molecular flexibility index (Phi) is 4.76. The summed E-state index contributed by atoms with van der Waals surface area (Å²) in [6, 6.07) is 11.7. The number of rotatable bonds is 6. The molecule has 0 bridgehead atoms. The van der Waals surface area contributed by atoms with Crippen LogP contribution >= 0.6 is 15.9 Å². The van der Waals surface area contributed by atoms with E-state index in [0.29, 0.717) is 13.1 Å². The summed E-state index contributed by atoms with van der Waals surface area (Å²) in [4.78, 5) is 10.4. The van der Waals surface area contributed by atoms with Gasteiger partial charge in [0.2, 0.25) is 0 Å². The molecule has 2 N–H and O–H groups in total. The number of carboxylic acids is 1. The largest absolute Gasteiger partial charge is 0.481 e. The fourth-order valence-corrected chi connectivity index (χ4v) is 1.91. The van der Waals surface area contributed by atoms with Crippen LogP contribution in [0.3, 0.4) is 0 Å².